The van der Waals surface area contributed by atoms with Crippen molar-refractivity contribution in [2.24, 2.45) is 5.92 Å². The molecule has 0 spiro atoms. The van der Waals surface area contributed by atoms with Crippen LogP contribution in [0.1, 0.15) is 31.7 Å². The van der Waals surface area contributed by atoms with E-state index in [9.17, 15) is 22.0 Å². The van der Waals surface area contributed by atoms with Crippen molar-refractivity contribution < 1.29 is 17.2 Å². The molecule has 0 amide bonds. The molecular weight excluding hydrogens is 510 g/mol. The van der Waals surface area contributed by atoms with E-state index in [0.29, 0.717) is 23.9 Å². The molecule has 2 heterocycles. The molecule has 2 aromatic heterocycles. The summed E-state index contributed by atoms with van der Waals surface area (Å²) in [7, 11) is -3.37. The highest BCUT2D eigenvalue weighted by Gasteiger charge is 2.20. The van der Waals surface area contributed by atoms with E-state index in [1.54, 1.807) is 12.1 Å². The molecule has 0 unspecified atom stereocenters. The third kappa shape index (κ3) is 4.88. The van der Waals surface area contributed by atoms with Gasteiger partial charge in [0.05, 0.1) is 40.1 Å². The summed E-state index contributed by atoms with van der Waals surface area (Å²) in [5, 5.41) is 0. The van der Waals surface area contributed by atoms with E-state index in [-0.39, 0.29) is 29.0 Å². The van der Waals surface area contributed by atoms with Crippen molar-refractivity contribution in [1.29, 1.82) is 0 Å². The van der Waals surface area contributed by atoms with Crippen LogP contribution in [0.5, 0.6) is 0 Å². The summed E-state index contributed by atoms with van der Waals surface area (Å²) in [6.45, 7) is 5.11. The monoisotopic (exact) mass is 538 g/mol. The van der Waals surface area contributed by atoms with Crippen molar-refractivity contribution in [2.75, 3.05) is 6.26 Å². The maximum atomic E-state index is 14.4. The predicted molar refractivity (Wildman–Crippen MR) is 143 cm³/mol. The number of sulfone groups is 1. The van der Waals surface area contributed by atoms with Gasteiger partial charge in [0, 0.05) is 24.9 Å². The normalized spacial score (nSPS) is 12.3. The fraction of sp³-hybridized carbons (Fsp3) is 0.286. The van der Waals surface area contributed by atoms with Gasteiger partial charge in [0.2, 0.25) is 0 Å². The van der Waals surface area contributed by atoms with Crippen LogP contribution in [0, 0.1) is 17.6 Å². The van der Waals surface area contributed by atoms with Crippen LogP contribution in [-0.4, -0.2) is 33.4 Å². The van der Waals surface area contributed by atoms with Crippen molar-refractivity contribution in [3.63, 3.8) is 0 Å². The van der Waals surface area contributed by atoms with Crippen LogP contribution in [0.25, 0.3) is 22.1 Å². The number of aryl methyl sites for hydroxylation is 1. The largest absolute Gasteiger partial charge is 0.329 e. The van der Waals surface area contributed by atoms with Gasteiger partial charge in [-0.05, 0) is 42.2 Å². The number of para-hydroxylation sites is 2. The Kier molecular flexibility index (Phi) is 6.68. The van der Waals surface area contributed by atoms with E-state index < -0.39 is 27.2 Å². The van der Waals surface area contributed by atoms with Crippen molar-refractivity contribution in [2.45, 2.75) is 44.8 Å². The highest BCUT2D eigenvalue weighted by Crippen LogP contribution is 2.23. The Bertz CT molecular complexity index is 1820. The average Bonchev–Trinajstić information content (AvgIpc) is 3.33. The highest BCUT2D eigenvalue weighted by atomic mass is 32.2. The van der Waals surface area contributed by atoms with E-state index in [4.69, 9.17) is 4.98 Å². The predicted octanol–water partition coefficient (Wildman–Crippen LogP) is 4.98. The van der Waals surface area contributed by atoms with Crippen molar-refractivity contribution in [3.8, 4) is 0 Å². The van der Waals surface area contributed by atoms with Crippen LogP contribution in [0.3, 0.4) is 0 Å². The van der Waals surface area contributed by atoms with Gasteiger partial charge in [-0.1, -0.05) is 38.1 Å². The summed E-state index contributed by atoms with van der Waals surface area (Å²) in [6.07, 6.45) is 2.03. The number of fused-ring (bicyclic) bond motifs is 2. The molecule has 3 aromatic carbocycles. The minimum atomic E-state index is -3.37. The molecule has 0 aliphatic heterocycles. The second-order valence-corrected chi connectivity index (χ2v) is 12.0. The van der Waals surface area contributed by atoms with Crippen molar-refractivity contribution in [1.82, 2.24) is 18.7 Å². The van der Waals surface area contributed by atoms with E-state index >= 15 is 0 Å². The fourth-order valence-electron chi connectivity index (χ4n) is 4.66. The first kappa shape index (κ1) is 25.8. The molecule has 198 valence electrons. The summed E-state index contributed by atoms with van der Waals surface area (Å²) < 4.78 is 57.2. The number of benzene rings is 3. The lowest BCUT2D eigenvalue weighted by atomic mass is 10.1. The molecule has 0 aliphatic carbocycles. The molecule has 10 heteroatoms. The van der Waals surface area contributed by atoms with Gasteiger partial charge in [-0.25, -0.2) is 27.0 Å². The fourth-order valence-corrected chi connectivity index (χ4v) is 5.30. The maximum Gasteiger partial charge on any atom is 0.329 e. The minimum Gasteiger partial charge on any atom is -0.326 e. The van der Waals surface area contributed by atoms with Crippen LogP contribution < -0.4 is 5.69 Å². The van der Waals surface area contributed by atoms with E-state index in [1.165, 1.54) is 21.3 Å². The molecule has 5 rings (SSSR count). The number of aromatic nitrogens is 4. The van der Waals surface area contributed by atoms with Gasteiger partial charge in [0.25, 0.3) is 0 Å². The topological polar surface area (TPSA) is 78.9 Å². The molecule has 0 bridgehead atoms. The summed E-state index contributed by atoms with van der Waals surface area (Å²) in [4.78, 5) is 18.6. The van der Waals surface area contributed by atoms with E-state index in [2.05, 4.69) is 18.4 Å². The molecule has 0 atom stereocenters. The first-order chi connectivity index (χ1) is 18.0. The zero-order valence-electron chi connectivity index (χ0n) is 21.4. The Labute approximate surface area is 218 Å². The van der Waals surface area contributed by atoms with Gasteiger partial charge >= 0.3 is 5.69 Å². The quantitative estimate of drug-likeness (QED) is 0.279. The maximum absolute atomic E-state index is 14.4. The number of halogens is 2. The number of imidazole rings is 2. The molecular formula is C28H28F2N4O3S. The Morgan fingerprint density at radius 2 is 1.45 bits per heavy atom. The molecule has 7 nitrogen and oxygen atoms in total. The summed E-state index contributed by atoms with van der Waals surface area (Å²) in [6, 6.07) is 15.9. The number of hydrogen-bond donors (Lipinski definition) is 0. The van der Waals surface area contributed by atoms with Crippen molar-refractivity contribution in [3.05, 3.63) is 94.2 Å². The van der Waals surface area contributed by atoms with Gasteiger partial charge in [-0.3, -0.25) is 9.13 Å². The zero-order chi connectivity index (χ0) is 27.2. The van der Waals surface area contributed by atoms with Crippen molar-refractivity contribution >= 4 is 31.9 Å². The molecule has 0 aliphatic rings. The van der Waals surface area contributed by atoms with E-state index in [1.807, 2.05) is 24.3 Å². The Hall–Kier alpha value is -3.79. The molecule has 38 heavy (non-hydrogen) atoms. The first-order valence-electron chi connectivity index (χ1n) is 12.3. The smallest absolute Gasteiger partial charge is 0.326 e. The van der Waals surface area contributed by atoms with Crippen LogP contribution >= 0.6 is 0 Å². The lowest BCUT2D eigenvalue weighted by Gasteiger charge is -2.11. The highest BCUT2D eigenvalue weighted by molar-refractivity contribution is 7.90. The summed E-state index contributed by atoms with van der Waals surface area (Å²) in [5.74, 6) is -0.996. The van der Waals surface area contributed by atoms with E-state index in [0.717, 1.165) is 35.8 Å². The SMILES string of the molecule is CC(C)CCn1c(Cn2c(=O)n(Cc3ccc(S(C)(=O)=O)cc3)c3cc(F)c(F)cc32)nc2ccccc21. The Morgan fingerprint density at radius 1 is 0.842 bits per heavy atom. The minimum absolute atomic E-state index is 0.0568. The first-order valence-corrected chi connectivity index (χ1v) is 14.2. The van der Waals surface area contributed by atoms with Gasteiger partial charge < -0.3 is 4.57 Å². The van der Waals surface area contributed by atoms with Crippen LogP contribution in [0.4, 0.5) is 8.78 Å². The van der Waals surface area contributed by atoms with Crippen LogP contribution in [0.15, 0.2) is 70.4 Å². The lowest BCUT2D eigenvalue weighted by Crippen LogP contribution is -2.26. The molecule has 0 saturated heterocycles. The third-order valence-corrected chi connectivity index (χ3v) is 7.84. The average molecular weight is 539 g/mol. The van der Waals surface area contributed by atoms with Gasteiger partial charge in [-0.2, -0.15) is 0 Å². The Balaban J connectivity index is 1.62. The summed E-state index contributed by atoms with van der Waals surface area (Å²) in [5.41, 5.74) is 2.44. The number of nitrogens with zero attached hydrogens (tertiary/aromatic N) is 4. The second-order valence-electron chi connectivity index (χ2n) is 9.98. The molecule has 0 saturated carbocycles. The Morgan fingerprint density at radius 3 is 2.05 bits per heavy atom. The molecule has 5 aromatic rings. The standard InChI is InChI=1S/C28H28F2N4O3S/c1-18(2)12-13-32-24-7-5-4-6-23(24)31-27(32)17-34-26-15-22(30)21(29)14-25(26)33(28(34)35)16-19-8-10-20(11-9-19)38(3,36)37/h4-11,14-15,18H,12-13,16-17H2,1-3H3. The molecule has 0 fully saturated rings. The molecule has 0 radical (unpaired) electrons. The second kappa shape index (κ2) is 9.83. The number of rotatable bonds is 8. The lowest BCUT2D eigenvalue weighted by molar-refractivity contribution is 0.506. The third-order valence-electron chi connectivity index (χ3n) is 6.72. The zero-order valence-corrected chi connectivity index (χ0v) is 22.2. The molecule has 0 N–H and O–H groups in total. The van der Waals surface area contributed by atoms with Gasteiger partial charge in [-0.15, -0.1) is 0 Å². The van der Waals surface area contributed by atoms with Gasteiger partial charge in [0.1, 0.15) is 5.82 Å². The van der Waals surface area contributed by atoms with Crippen LogP contribution in [0.2, 0.25) is 0 Å². The van der Waals surface area contributed by atoms with Gasteiger partial charge in [0.15, 0.2) is 21.5 Å². The summed E-state index contributed by atoms with van der Waals surface area (Å²) >= 11 is 0. The number of hydrogen-bond acceptors (Lipinski definition) is 4. The van der Waals surface area contributed by atoms with Crippen LogP contribution in [-0.2, 0) is 29.5 Å².